The Morgan fingerprint density at radius 2 is 1.82 bits per heavy atom. The Morgan fingerprint density at radius 1 is 1.09 bits per heavy atom. The quantitative estimate of drug-likeness (QED) is 0.589. The van der Waals surface area contributed by atoms with Gasteiger partial charge in [-0.1, -0.05) is 36.4 Å². The number of hydrogen-bond acceptors (Lipinski definition) is 5. The first-order valence-corrected chi connectivity index (χ1v) is 10.7. The smallest absolute Gasteiger partial charge is 0.416 e. The Bertz CT molecular complexity index is 1080. The van der Waals surface area contributed by atoms with Gasteiger partial charge in [-0.05, 0) is 30.7 Å². The molecule has 0 bridgehead atoms. The molecule has 2 heterocycles. The molecule has 0 unspecified atom stereocenters. The van der Waals surface area contributed by atoms with Crippen LogP contribution in [0, 0.1) is 0 Å². The van der Waals surface area contributed by atoms with Crippen molar-refractivity contribution in [1.29, 1.82) is 0 Å². The van der Waals surface area contributed by atoms with E-state index in [1.807, 2.05) is 42.2 Å². The number of amides is 1. The zero-order valence-electron chi connectivity index (χ0n) is 18.2. The molecule has 0 radical (unpaired) electrons. The number of carbonyl (C=O) groups excluding carboxylic acids is 1. The Hall–Kier alpha value is -3.33. The molecule has 0 aliphatic carbocycles. The highest BCUT2D eigenvalue weighted by molar-refractivity contribution is 5.92. The van der Waals surface area contributed by atoms with Gasteiger partial charge >= 0.3 is 6.18 Å². The normalized spacial score (nSPS) is 15.9. The summed E-state index contributed by atoms with van der Waals surface area (Å²) in [6.07, 6.45) is -3.01. The summed E-state index contributed by atoms with van der Waals surface area (Å²) in [5.74, 6) is 0.121. The molecule has 174 valence electrons. The first-order valence-electron chi connectivity index (χ1n) is 10.7. The average molecular weight is 458 g/mol. The molecule has 6 nitrogen and oxygen atoms in total. The highest BCUT2D eigenvalue weighted by atomic mass is 19.4. The highest BCUT2D eigenvalue weighted by Crippen LogP contribution is 2.32. The van der Waals surface area contributed by atoms with Crippen molar-refractivity contribution in [2.75, 3.05) is 31.1 Å². The molecule has 3 aromatic rings. The number of nitrogens with zero attached hydrogens (tertiary/aromatic N) is 3. The fourth-order valence-electron chi connectivity index (χ4n) is 3.82. The van der Waals surface area contributed by atoms with E-state index >= 15 is 0 Å². The number of oxazole rings is 1. The van der Waals surface area contributed by atoms with Gasteiger partial charge in [0.15, 0.2) is 5.69 Å². The molecule has 4 rings (SSSR count). The summed E-state index contributed by atoms with van der Waals surface area (Å²) in [4.78, 5) is 20.8. The fraction of sp³-hybridized carbons (Fsp3) is 0.333. The number of alkyl halides is 3. The molecule has 9 heteroatoms. The molecule has 1 saturated heterocycles. The van der Waals surface area contributed by atoms with Gasteiger partial charge in [0, 0.05) is 31.9 Å². The summed E-state index contributed by atoms with van der Waals surface area (Å²) < 4.78 is 44.4. The minimum Gasteiger partial charge on any atom is -0.447 e. The van der Waals surface area contributed by atoms with Crippen molar-refractivity contribution in [2.24, 2.45) is 0 Å². The van der Waals surface area contributed by atoms with Gasteiger partial charge < -0.3 is 14.6 Å². The predicted octanol–water partition coefficient (Wildman–Crippen LogP) is 4.51. The van der Waals surface area contributed by atoms with Gasteiger partial charge in [-0.25, -0.2) is 4.98 Å². The van der Waals surface area contributed by atoms with Crippen molar-refractivity contribution in [2.45, 2.75) is 25.7 Å². The van der Waals surface area contributed by atoms with Gasteiger partial charge in [-0.3, -0.25) is 9.69 Å². The van der Waals surface area contributed by atoms with Crippen LogP contribution in [0.2, 0.25) is 0 Å². The van der Waals surface area contributed by atoms with Crippen molar-refractivity contribution < 1.29 is 22.4 Å². The van der Waals surface area contributed by atoms with Crippen LogP contribution in [-0.4, -0.2) is 42.0 Å². The van der Waals surface area contributed by atoms with E-state index in [0.717, 1.165) is 11.6 Å². The second-order valence-corrected chi connectivity index (χ2v) is 8.04. The SMILES string of the molecule is C[C@H](NC(=O)c1coc(CN2CCN(c3cccc(C(F)(F)F)c3)CC2)n1)c1ccccc1. The first kappa shape index (κ1) is 22.8. The van der Waals surface area contributed by atoms with Crippen LogP contribution in [0.4, 0.5) is 18.9 Å². The molecule has 1 N–H and O–H groups in total. The van der Waals surface area contributed by atoms with E-state index in [9.17, 15) is 18.0 Å². The standard InChI is InChI=1S/C24H25F3N4O2/c1-17(18-6-3-2-4-7-18)28-23(32)21-16-33-22(29-21)15-30-10-12-31(13-11-30)20-9-5-8-19(14-20)24(25,26)27/h2-9,14,16-17H,10-13,15H2,1H3,(H,28,32)/t17-/m0/s1. The van der Waals surface area contributed by atoms with Crippen LogP contribution in [0.1, 0.15) is 40.5 Å². The van der Waals surface area contributed by atoms with Crippen LogP contribution in [0.5, 0.6) is 0 Å². The molecule has 0 saturated carbocycles. The summed E-state index contributed by atoms with van der Waals surface area (Å²) in [5.41, 5.74) is 1.13. The first-order chi connectivity index (χ1) is 15.8. The molecule has 1 aliphatic rings. The third-order valence-corrected chi connectivity index (χ3v) is 5.70. The maximum absolute atomic E-state index is 13.0. The van der Waals surface area contributed by atoms with Crippen LogP contribution in [0.25, 0.3) is 0 Å². The number of halogens is 3. The van der Waals surface area contributed by atoms with Crippen molar-refractivity contribution in [3.05, 3.63) is 83.6 Å². The average Bonchev–Trinajstić information content (AvgIpc) is 3.28. The summed E-state index contributed by atoms with van der Waals surface area (Å²) in [6, 6.07) is 14.9. The number of piperazine rings is 1. The van der Waals surface area contributed by atoms with Gasteiger partial charge in [-0.15, -0.1) is 0 Å². The van der Waals surface area contributed by atoms with E-state index in [1.165, 1.54) is 18.4 Å². The maximum Gasteiger partial charge on any atom is 0.416 e. The minimum absolute atomic E-state index is 0.164. The summed E-state index contributed by atoms with van der Waals surface area (Å²) >= 11 is 0. The molecule has 1 atom stereocenters. The number of carbonyl (C=O) groups is 1. The minimum atomic E-state index is -4.36. The number of rotatable bonds is 6. The Morgan fingerprint density at radius 3 is 2.52 bits per heavy atom. The van der Waals surface area contributed by atoms with Crippen LogP contribution < -0.4 is 10.2 Å². The van der Waals surface area contributed by atoms with Gasteiger partial charge in [0.05, 0.1) is 18.2 Å². The number of benzene rings is 2. The molecule has 1 fully saturated rings. The lowest BCUT2D eigenvalue weighted by atomic mass is 10.1. The molecular formula is C24H25F3N4O2. The molecule has 1 amide bonds. The van der Waals surface area contributed by atoms with Gasteiger partial charge in [0.2, 0.25) is 5.89 Å². The van der Waals surface area contributed by atoms with E-state index < -0.39 is 11.7 Å². The van der Waals surface area contributed by atoms with Crippen LogP contribution in [0.15, 0.2) is 65.3 Å². The van der Waals surface area contributed by atoms with Gasteiger partial charge in [0.1, 0.15) is 6.26 Å². The lowest BCUT2D eigenvalue weighted by Crippen LogP contribution is -2.46. The van der Waals surface area contributed by atoms with E-state index in [2.05, 4.69) is 15.2 Å². The summed E-state index contributed by atoms with van der Waals surface area (Å²) in [5, 5.41) is 2.91. The molecule has 2 aromatic carbocycles. The Balaban J connectivity index is 1.30. The third kappa shape index (κ3) is 5.73. The number of hydrogen-bond donors (Lipinski definition) is 1. The van der Waals surface area contributed by atoms with E-state index in [4.69, 9.17) is 4.42 Å². The monoisotopic (exact) mass is 458 g/mol. The molecule has 1 aromatic heterocycles. The highest BCUT2D eigenvalue weighted by Gasteiger charge is 2.31. The zero-order valence-corrected chi connectivity index (χ0v) is 18.2. The largest absolute Gasteiger partial charge is 0.447 e. The van der Waals surface area contributed by atoms with Crippen molar-refractivity contribution in [1.82, 2.24) is 15.2 Å². The van der Waals surface area contributed by atoms with E-state index in [0.29, 0.717) is 44.3 Å². The second kappa shape index (κ2) is 9.66. The fourth-order valence-corrected chi connectivity index (χ4v) is 3.82. The second-order valence-electron chi connectivity index (χ2n) is 8.04. The Kier molecular flexibility index (Phi) is 6.69. The zero-order chi connectivity index (χ0) is 23.4. The van der Waals surface area contributed by atoms with Crippen molar-refractivity contribution >= 4 is 11.6 Å². The molecule has 1 aliphatic heterocycles. The van der Waals surface area contributed by atoms with Crippen LogP contribution in [0.3, 0.4) is 0 Å². The van der Waals surface area contributed by atoms with Crippen LogP contribution in [-0.2, 0) is 12.7 Å². The molecular weight excluding hydrogens is 433 g/mol. The number of aromatic nitrogens is 1. The van der Waals surface area contributed by atoms with Crippen LogP contribution >= 0.6 is 0 Å². The number of anilines is 1. The third-order valence-electron chi connectivity index (χ3n) is 5.70. The topological polar surface area (TPSA) is 61.6 Å². The summed E-state index contributed by atoms with van der Waals surface area (Å²) in [7, 11) is 0. The maximum atomic E-state index is 13.0. The lowest BCUT2D eigenvalue weighted by Gasteiger charge is -2.35. The predicted molar refractivity (Wildman–Crippen MR) is 118 cm³/mol. The number of nitrogens with one attached hydrogen (secondary N) is 1. The van der Waals surface area contributed by atoms with Gasteiger partial charge in [0.25, 0.3) is 5.91 Å². The van der Waals surface area contributed by atoms with Crippen molar-refractivity contribution in [3.63, 3.8) is 0 Å². The molecule has 0 spiro atoms. The van der Waals surface area contributed by atoms with E-state index in [1.54, 1.807) is 6.07 Å². The van der Waals surface area contributed by atoms with Gasteiger partial charge in [-0.2, -0.15) is 13.2 Å². The lowest BCUT2D eigenvalue weighted by molar-refractivity contribution is -0.137. The Labute approximate surface area is 190 Å². The summed E-state index contributed by atoms with van der Waals surface area (Å²) in [6.45, 7) is 4.79. The molecule has 33 heavy (non-hydrogen) atoms. The van der Waals surface area contributed by atoms with Crippen molar-refractivity contribution in [3.8, 4) is 0 Å². The van der Waals surface area contributed by atoms with E-state index in [-0.39, 0.29) is 17.6 Å².